The van der Waals surface area contributed by atoms with Gasteiger partial charge < -0.3 is 15.4 Å². The monoisotopic (exact) mass is 293 g/mol. The van der Waals surface area contributed by atoms with Crippen LogP contribution < -0.4 is 10.6 Å². The number of carbonyl (C=O) groups excluding carboxylic acids is 1. The predicted molar refractivity (Wildman–Crippen MR) is 85.7 cm³/mol. The van der Waals surface area contributed by atoms with Gasteiger partial charge in [-0.3, -0.25) is 4.79 Å². The Labute approximate surface area is 127 Å². The van der Waals surface area contributed by atoms with E-state index in [-0.39, 0.29) is 5.91 Å². The van der Waals surface area contributed by atoms with Gasteiger partial charge in [0.05, 0.1) is 0 Å². The maximum absolute atomic E-state index is 12.1. The van der Waals surface area contributed by atoms with Crippen molar-refractivity contribution in [3.8, 4) is 0 Å². The van der Waals surface area contributed by atoms with Gasteiger partial charge in [-0.2, -0.15) is 0 Å². The molecule has 0 fully saturated rings. The fraction of sp³-hybridized carbons (Fsp3) is 0.625. The molecule has 1 rings (SSSR count). The smallest absolute Gasteiger partial charge is 0.251 e. The Bertz CT molecular complexity index is 447. The summed E-state index contributed by atoms with van der Waals surface area (Å²) in [5.41, 5.74) is 1.47. The minimum Gasteiger partial charge on any atom is -0.381 e. The van der Waals surface area contributed by atoms with Gasteiger partial charge in [0.1, 0.15) is 5.82 Å². The van der Waals surface area contributed by atoms with E-state index in [9.17, 15) is 4.79 Å². The molecule has 0 spiro atoms. The first kappa shape index (κ1) is 17.4. The van der Waals surface area contributed by atoms with Crippen molar-refractivity contribution in [2.24, 2.45) is 5.92 Å². The lowest BCUT2D eigenvalue weighted by atomic mass is 10.2. The minimum absolute atomic E-state index is 0.0662. The van der Waals surface area contributed by atoms with Crippen molar-refractivity contribution < 1.29 is 9.53 Å². The number of hydrogen-bond acceptors (Lipinski definition) is 4. The van der Waals surface area contributed by atoms with E-state index in [0.717, 1.165) is 31.1 Å². The van der Waals surface area contributed by atoms with E-state index >= 15 is 0 Å². The fourth-order valence-electron chi connectivity index (χ4n) is 1.87. The van der Waals surface area contributed by atoms with Gasteiger partial charge in [-0.05, 0) is 38.3 Å². The number of ether oxygens (including phenoxy) is 1. The van der Waals surface area contributed by atoms with Gasteiger partial charge in [0.15, 0.2) is 0 Å². The number of carbonyl (C=O) groups is 1. The maximum Gasteiger partial charge on any atom is 0.251 e. The highest BCUT2D eigenvalue weighted by Gasteiger charge is 2.07. The Morgan fingerprint density at radius 1 is 1.38 bits per heavy atom. The van der Waals surface area contributed by atoms with Crippen LogP contribution in [0.4, 0.5) is 5.82 Å². The van der Waals surface area contributed by atoms with Gasteiger partial charge in [0.25, 0.3) is 5.91 Å². The highest BCUT2D eigenvalue weighted by Crippen LogP contribution is 2.10. The third-order valence-electron chi connectivity index (χ3n) is 2.78. The molecule has 0 aromatic carbocycles. The Balaban J connectivity index is 2.38. The largest absolute Gasteiger partial charge is 0.381 e. The Hall–Kier alpha value is -1.62. The van der Waals surface area contributed by atoms with Crippen molar-refractivity contribution >= 4 is 11.7 Å². The molecule has 1 amide bonds. The van der Waals surface area contributed by atoms with Gasteiger partial charge in [0, 0.05) is 37.6 Å². The number of pyridine rings is 1. The lowest BCUT2D eigenvalue weighted by molar-refractivity contribution is 0.0925. The van der Waals surface area contributed by atoms with Crippen molar-refractivity contribution in [3.05, 3.63) is 23.4 Å². The normalized spacial score (nSPS) is 10.7. The van der Waals surface area contributed by atoms with Crippen molar-refractivity contribution in [2.75, 3.05) is 31.6 Å². The van der Waals surface area contributed by atoms with Crippen LogP contribution >= 0.6 is 0 Å². The summed E-state index contributed by atoms with van der Waals surface area (Å²) >= 11 is 0. The van der Waals surface area contributed by atoms with Gasteiger partial charge in [-0.25, -0.2) is 4.98 Å². The molecule has 118 valence electrons. The average Bonchev–Trinajstić information content (AvgIpc) is 2.41. The Morgan fingerprint density at radius 2 is 2.14 bits per heavy atom. The second-order valence-electron chi connectivity index (χ2n) is 5.49. The molecule has 0 saturated carbocycles. The van der Waals surface area contributed by atoms with Crippen LogP contribution in [0.1, 0.15) is 43.2 Å². The van der Waals surface area contributed by atoms with E-state index in [0.29, 0.717) is 24.6 Å². The second-order valence-corrected chi connectivity index (χ2v) is 5.49. The molecule has 5 nitrogen and oxygen atoms in total. The van der Waals surface area contributed by atoms with Crippen LogP contribution in [0.15, 0.2) is 12.1 Å². The summed E-state index contributed by atoms with van der Waals surface area (Å²) in [6.45, 7) is 11.0. The van der Waals surface area contributed by atoms with Crippen molar-refractivity contribution in [2.45, 2.75) is 34.1 Å². The molecular formula is C16H27N3O2. The molecule has 2 N–H and O–H groups in total. The predicted octanol–water partition coefficient (Wildman–Crippen LogP) is 2.61. The van der Waals surface area contributed by atoms with E-state index < -0.39 is 0 Å². The van der Waals surface area contributed by atoms with Gasteiger partial charge in [-0.1, -0.05) is 13.8 Å². The first-order chi connectivity index (χ1) is 10.0. The molecule has 1 heterocycles. The molecule has 0 unspecified atom stereocenters. The number of hydrogen-bond donors (Lipinski definition) is 2. The van der Waals surface area contributed by atoms with Crippen LogP contribution in [-0.4, -0.2) is 37.2 Å². The number of anilines is 1. The lowest BCUT2D eigenvalue weighted by Crippen LogP contribution is -2.25. The van der Waals surface area contributed by atoms with Crippen LogP contribution in [0.5, 0.6) is 0 Å². The number of aromatic nitrogens is 1. The number of aryl methyl sites for hydroxylation is 1. The van der Waals surface area contributed by atoms with Gasteiger partial charge in [0.2, 0.25) is 0 Å². The number of nitrogens with zero attached hydrogens (tertiary/aromatic N) is 1. The summed E-state index contributed by atoms with van der Waals surface area (Å²) < 4.78 is 5.48. The van der Waals surface area contributed by atoms with Crippen LogP contribution in [-0.2, 0) is 4.74 Å². The molecule has 0 saturated heterocycles. The Kier molecular flexibility index (Phi) is 7.75. The minimum atomic E-state index is -0.0662. The standard InChI is InChI=1S/C16H27N3O2/c1-5-17-15-10-14(9-13(4)19-15)16(20)18-7-6-8-21-11-12(2)3/h9-10,12H,5-8,11H2,1-4H3,(H,17,19)(H,18,20). The second kappa shape index (κ2) is 9.34. The summed E-state index contributed by atoms with van der Waals surface area (Å²) in [7, 11) is 0. The quantitative estimate of drug-likeness (QED) is 0.687. The summed E-state index contributed by atoms with van der Waals surface area (Å²) in [6.07, 6.45) is 0.822. The SMILES string of the molecule is CCNc1cc(C(=O)NCCCOCC(C)C)cc(C)n1. The molecule has 1 aromatic rings. The summed E-state index contributed by atoms with van der Waals surface area (Å²) in [5.74, 6) is 1.22. The van der Waals surface area contributed by atoms with Gasteiger partial charge in [-0.15, -0.1) is 0 Å². The molecular weight excluding hydrogens is 266 g/mol. The summed E-state index contributed by atoms with van der Waals surface area (Å²) in [4.78, 5) is 16.4. The molecule has 0 aliphatic heterocycles. The summed E-state index contributed by atoms with van der Waals surface area (Å²) in [6, 6.07) is 3.58. The first-order valence-corrected chi connectivity index (χ1v) is 7.61. The third kappa shape index (κ3) is 7.09. The highest BCUT2D eigenvalue weighted by molar-refractivity contribution is 5.94. The first-order valence-electron chi connectivity index (χ1n) is 7.61. The molecule has 0 radical (unpaired) electrons. The molecule has 0 aliphatic carbocycles. The topological polar surface area (TPSA) is 63.2 Å². The Morgan fingerprint density at radius 3 is 2.81 bits per heavy atom. The zero-order valence-electron chi connectivity index (χ0n) is 13.5. The van der Waals surface area contributed by atoms with Crippen molar-refractivity contribution in [3.63, 3.8) is 0 Å². The average molecular weight is 293 g/mol. The van der Waals surface area contributed by atoms with E-state index in [1.54, 1.807) is 12.1 Å². The summed E-state index contributed by atoms with van der Waals surface area (Å²) in [5, 5.41) is 6.04. The number of nitrogens with one attached hydrogen (secondary N) is 2. The molecule has 0 aliphatic rings. The fourth-order valence-corrected chi connectivity index (χ4v) is 1.87. The van der Waals surface area contributed by atoms with E-state index in [1.807, 2.05) is 13.8 Å². The van der Waals surface area contributed by atoms with E-state index in [2.05, 4.69) is 29.5 Å². The molecule has 21 heavy (non-hydrogen) atoms. The maximum atomic E-state index is 12.1. The molecule has 1 aromatic heterocycles. The van der Waals surface area contributed by atoms with Crippen molar-refractivity contribution in [1.82, 2.24) is 10.3 Å². The van der Waals surface area contributed by atoms with Crippen LogP contribution in [0.25, 0.3) is 0 Å². The number of amides is 1. The number of rotatable bonds is 9. The lowest BCUT2D eigenvalue weighted by Gasteiger charge is -2.09. The molecule has 5 heteroatoms. The van der Waals surface area contributed by atoms with Crippen LogP contribution in [0.3, 0.4) is 0 Å². The molecule has 0 bridgehead atoms. The highest BCUT2D eigenvalue weighted by atomic mass is 16.5. The van der Waals surface area contributed by atoms with Crippen LogP contribution in [0, 0.1) is 12.8 Å². The van der Waals surface area contributed by atoms with E-state index in [4.69, 9.17) is 4.74 Å². The van der Waals surface area contributed by atoms with Crippen LogP contribution in [0.2, 0.25) is 0 Å². The third-order valence-corrected chi connectivity index (χ3v) is 2.78. The van der Waals surface area contributed by atoms with E-state index in [1.165, 1.54) is 0 Å². The van der Waals surface area contributed by atoms with Gasteiger partial charge >= 0.3 is 0 Å². The van der Waals surface area contributed by atoms with Crippen molar-refractivity contribution in [1.29, 1.82) is 0 Å². The zero-order valence-corrected chi connectivity index (χ0v) is 13.5. The molecule has 0 atom stereocenters. The zero-order chi connectivity index (χ0) is 15.7.